The number of nitrogens with one attached hydrogen (secondary N) is 1. The van der Waals surface area contributed by atoms with Gasteiger partial charge in [-0.3, -0.25) is 4.90 Å². The molecule has 0 bridgehead atoms. The lowest BCUT2D eigenvalue weighted by Gasteiger charge is -2.36. The lowest BCUT2D eigenvalue weighted by molar-refractivity contribution is 0.155. The van der Waals surface area contributed by atoms with Crippen LogP contribution in [0.25, 0.3) is 0 Å². The van der Waals surface area contributed by atoms with Gasteiger partial charge in [-0.15, -0.1) is 0 Å². The fourth-order valence-corrected chi connectivity index (χ4v) is 3.88. The molecule has 2 heterocycles. The third-order valence-corrected chi connectivity index (χ3v) is 4.78. The summed E-state index contributed by atoms with van der Waals surface area (Å²) in [4.78, 5) is 2.73. The summed E-state index contributed by atoms with van der Waals surface area (Å²) < 4.78 is 0. The Hall–Kier alpha value is 0.270. The van der Waals surface area contributed by atoms with Gasteiger partial charge in [0.1, 0.15) is 0 Å². The molecule has 0 aromatic heterocycles. The van der Waals surface area contributed by atoms with Crippen LogP contribution in [0.3, 0.4) is 0 Å². The molecular weight excluding hydrogens is 204 g/mol. The molecule has 0 radical (unpaired) electrons. The van der Waals surface area contributed by atoms with E-state index in [0.717, 1.165) is 12.1 Å². The molecule has 0 amide bonds. The highest BCUT2D eigenvalue weighted by molar-refractivity contribution is 7.99. The Balaban J connectivity index is 1.67. The van der Waals surface area contributed by atoms with E-state index in [4.69, 9.17) is 0 Å². The molecule has 2 nitrogen and oxygen atoms in total. The van der Waals surface area contributed by atoms with Crippen molar-refractivity contribution in [3.05, 3.63) is 0 Å². The van der Waals surface area contributed by atoms with Crippen LogP contribution in [-0.4, -0.2) is 48.1 Å². The van der Waals surface area contributed by atoms with Crippen LogP contribution in [0.4, 0.5) is 0 Å². The van der Waals surface area contributed by atoms with E-state index in [1.54, 1.807) is 0 Å². The fraction of sp³-hybridized carbons (Fsp3) is 1.00. The van der Waals surface area contributed by atoms with Crippen molar-refractivity contribution in [1.29, 1.82) is 0 Å². The Bertz CT molecular complexity index is 172. The predicted molar refractivity (Wildman–Crippen MR) is 68.6 cm³/mol. The van der Waals surface area contributed by atoms with Gasteiger partial charge in [-0.2, -0.15) is 11.8 Å². The number of rotatable bonds is 4. The van der Waals surface area contributed by atoms with Crippen LogP contribution in [0.5, 0.6) is 0 Å². The minimum atomic E-state index is 0.801. The van der Waals surface area contributed by atoms with Crippen LogP contribution >= 0.6 is 11.8 Å². The molecule has 0 aromatic rings. The van der Waals surface area contributed by atoms with Crippen molar-refractivity contribution >= 4 is 11.8 Å². The topological polar surface area (TPSA) is 15.3 Å². The van der Waals surface area contributed by atoms with Crippen LogP contribution in [0.15, 0.2) is 0 Å². The SMILES string of the molecule is CCCNC1CCN(C2CCSC2)CC1. The van der Waals surface area contributed by atoms with Crippen LogP contribution in [0.1, 0.15) is 32.6 Å². The Morgan fingerprint density at radius 2 is 2.07 bits per heavy atom. The largest absolute Gasteiger partial charge is 0.314 e. The first-order valence-electron chi connectivity index (χ1n) is 6.45. The van der Waals surface area contributed by atoms with E-state index in [1.807, 2.05) is 0 Å². The van der Waals surface area contributed by atoms with Gasteiger partial charge in [-0.1, -0.05) is 6.92 Å². The van der Waals surface area contributed by atoms with Gasteiger partial charge in [0.2, 0.25) is 0 Å². The number of hydrogen-bond acceptors (Lipinski definition) is 3. The normalized spacial score (nSPS) is 29.8. The molecule has 3 heteroatoms. The van der Waals surface area contributed by atoms with E-state index in [0.29, 0.717) is 0 Å². The standard InChI is InChI=1S/C12H24N2S/c1-2-6-13-11-3-7-14(8-4-11)12-5-9-15-10-12/h11-13H,2-10H2,1H3. The van der Waals surface area contributed by atoms with Gasteiger partial charge >= 0.3 is 0 Å². The highest BCUT2D eigenvalue weighted by Gasteiger charge is 2.26. The summed E-state index contributed by atoms with van der Waals surface area (Å²) in [6.45, 7) is 6.10. The van der Waals surface area contributed by atoms with E-state index in [2.05, 4.69) is 28.9 Å². The lowest BCUT2D eigenvalue weighted by Crippen LogP contribution is -2.46. The first-order chi connectivity index (χ1) is 7.40. The van der Waals surface area contributed by atoms with Gasteiger partial charge < -0.3 is 5.32 Å². The molecule has 2 aliphatic heterocycles. The molecule has 2 rings (SSSR count). The number of piperidine rings is 1. The van der Waals surface area contributed by atoms with Crippen molar-refractivity contribution in [3.63, 3.8) is 0 Å². The molecule has 1 N–H and O–H groups in total. The molecule has 0 saturated carbocycles. The van der Waals surface area contributed by atoms with Crippen molar-refractivity contribution in [1.82, 2.24) is 10.2 Å². The van der Waals surface area contributed by atoms with Crippen molar-refractivity contribution < 1.29 is 0 Å². The zero-order valence-corrected chi connectivity index (χ0v) is 10.7. The van der Waals surface area contributed by atoms with E-state index in [9.17, 15) is 0 Å². The maximum absolute atomic E-state index is 3.65. The van der Waals surface area contributed by atoms with Gasteiger partial charge in [0.05, 0.1) is 0 Å². The molecule has 1 unspecified atom stereocenters. The summed E-state index contributed by atoms with van der Waals surface area (Å²) in [5.74, 6) is 2.77. The van der Waals surface area contributed by atoms with E-state index in [1.165, 1.54) is 56.8 Å². The predicted octanol–water partition coefficient (Wildman–Crippen LogP) is 1.96. The van der Waals surface area contributed by atoms with Crippen molar-refractivity contribution in [2.24, 2.45) is 0 Å². The Labute approximate surface area is 98.2 Å². The van der Waals surface area contributed by atoms with Gasteiger partial charge in [0.25, 0.3) is 0 Å². The fourth-order valence-electron chi connectivity index (χ4n) is 2.63. The second kappa shape index (κ2) is 6.12. The molecule has 2 fully saturated rings. The van der Waals surface area contributed by atoms with Crippen molar-refractivity contribution in [2.75, 3.05) is 31.1 Å². The lowest BCUT2D eigenvalue weighted by atomic mass is 10.0. The minimum absolute atomic E-state index is 0.801. The second-order valence-electron chi connectivity index (χ2n) is 4.78. The zero-order valence-electron chi connectivity index (χ0n) is 9.87. The monoisotopic (exact) mass is 228 g/mol. The number of nitrogens with zero attached hydrogens (tertiary/aromatic N) is 1. The van der Waals surface area contributed by atoms with Gasteiger partial charge in [-0.25, -0.2) is 0 Å². The highest BCUT2D eigenvalue weighted by Crippen LogP contribution is 2.24. The average Bonchev–Trinajstić information content (AvgIpc) is 2.80. The summed E-state index contributed by atoms with van der Waals surface area (Å²) in [6, 6.07) is 1.71. The highest BCUT2D eigenvalue weighted by atomic mass is 32.2. The van der Waals surface area contributed by atoms with Gasteiger partial charge in [0, 0.05) is 17.8 Å². The third-order valence-electron chi connectivity index (χ3n) is 3.63. The smallest absolute Gasteiger partial charge is 0.0194 e. The molecule has 0 spiro atoms. The Morgan fingerprint density at radius 1 is 1.27 bits per heavy atom. The van der Waals surface area contributed by atoms with Gasteiger partial charge in [-0.05, 0) is 51.1 Å². The average molecular weight is 228 g/mol. The summed E-state index contributed by atoms with van der Waals surface area (Å²) in [6.07, 6.45) is 5.42. The Morgan fingerprint density at radius 3 is 2.67 bits per heavy atom. The molecule has 88 valence electrons. The number of hydrogen-bond donors (Lipinski definition) is 1. The van der Waals surface area contributed by atoms with Crippen LogP contribution in [0, 0.1) is 0 Å². The van der Waals surface area contributed by atoms with E-state index in [-0.39, 0.29) is 0 Å². The third kappa shape index (κ3) is 3.36. The molecule has 2 saturated heterocycles. The Kier molecular flexibility index (Phi) is 4.79. The van der Waals surface area contributed by atoms with Crippen LogP contribution in [0.2, 0.25) is 0 Å². The first kappa shape index (κ1) is 11.7. The minimum Gasteiger partial charge on any atom is -0.314 e. The van der Waals surface area contributed by atoms with Crippen molar-refractivity contribution in [2.45, 2.75) is 44.7 Å². The maximum Gasteiger partial charge on any atom is 0.0194 e. The summed E-state index contributed by atoms with van der Waals surface area (Å²) >= 11 is 2.13. The van der Waals surface area contributed by atoms with E-state index < -0.39 is 0 Å². The molecule has 1 atom stereocenters. The van der Waals surface area contributed by atoms with Crippen LogP contribution < -0.4 is 5.32 Å². The summed E-state index contributed by atoms with van der Waals surface area (Å²) in [5.41, 5.74) is 0. The first-order valence-corrected chi connectivity index (χ1v) is 7.61. The number of thioether (sulfide) groups is 1. The molecule has 2 aliphatic rings. The summed E-state index contributed by atoms with van der Waals surface area (Å²) in [5, 5.41) is 3.65. The summed E-state index contributed by atoms with van der Waals surface area (Å²) in [7, 11) is 0. The van der Waals surface area contributed by atoms with Crippen LogP contribution in [-0.2, 0) is 0 Å². The molecule has 15 heavy (non-hydrogen) atoms. The molecular formula is C12H24N2S. The quantitative estimate of drug-likeness (QED) is 0.792. The van der Waals surface area contributed by atoms with E-state index >= 15 is 0 Å². The number of likely N-dealkylation sites (tertiary alicyclic amines) is 1. The second-order valence-corrected chi connectivity index (χ2v) is 5.93. The van der Waals surface area contributed by atoms with Crippen molar-refractivity contribution in [3.8, 4) is 0 Å². The zero-order chi connectivity index (χ0) is 10.5. The van der Waals surface area contributed by atoms with Gasteiger partial charge in [0.15, 0.2) is 0 Å². The maximum atomic E-state index is 3.65. The molecule has 0 aliphatic carbocycles. The molecule has 0 aromatic carbocycles.